The Morgan fingerprint density at radius 2 is 1.60 bits per heavy atom. The number of ether oxygens (including phenoxy) is 2. The van der Waals surface area contributed by atoms with Gasteiger partial charge in [0.2, 0.25) is 5.90 Å². The van der Waals surface area contributed by atoms with Crippen LogP contribution in [-0.4, -0.2) is 29.3 Å². The van der Waals surface area contributed by atoms with E-state index in [4.69, 9.17) is 5.21 Å². The summed E-state index contributed by atoms with van der Waals surface area (Å²) in [6, 6.07) is 0. The monoisotopic (exact) mass is 219 g/mol. The number of hydrogen-bond acceptors (Lipinski definition) is 7. The van der Waals surface area contributed by atoms with Gasteiger partial charge >= 0.3 is 18.2 Å². The van der Waals surface area contributed by atoms with Crippen LogP contribution in [0.15, 0.2) is 5.16 Å². The summed E-state index contributed by atoms with van der Waals surface area (Å²) >= 11 is 0. The van der Waals surface area contributed by atoms with E-state index in [2.05, 4.69) is 26.1 Å². The summed E-state index contributed by atoms with van der Waals surface area (Å²) in [6.07, 6.45) is -3.05. The third kappa shape index (κ3) is 6.81. The van der Waals surface area contributed by atoms with E-state index in [0.29, 0.717) is 0 Å². The van der Waals surface area contributed by atoms with Gasteiger partial charge in [0.15, 0.2) is 0 Å². The van der Waals surface area contributed by atoms with Crippen LogP contribution in [0.5, 0.6) is 0 Å². The zero-order chi connectivity index (χ0) is 11.8. The van der Waals surface area contributed by atoms with Gasteiger partial charge in [0.1, 0.15) is 0 Å². The van der Waals surface area contributed by atoms with Crippen molar-refractivity contribution in [1.82, 2.24) is 0 Å². The second-order valence-corrected chi connectivity index (χ2v) is 2.21. The van der Waals surface area contributed by atoms with Gasteiger partial charge in [-0.1, -0.05) is 5.16 Å². The summed E-state index contributed by atoms with van der Waals surface area (Å²) in [5.41, 5.74) is 9.16. The fraction of sp³-hybridized carbons (Fsp3) is 0.333. The third-order valence-electron chi connectivity index (χ3n) is 1.09. The number of rotatable bonds is 3. The maximum atomic E-state index is 10.7. The Morgan fingerprint density at radius 3 is 2.00 bits per heavy atom. The number of carbonyl (C=O) groups is 3. The van der Waals surface area contributed by atoms with E-state index in [1.807, 2.05) is 0 Å². The summed E-state index contributed by atoms with van der Waals surface area (Å²) < 4.78 is 8.11. The molecule has 0 aromatic carbocycles. The molecule has 0 radical (unpaired) electrons. The fourth-order valence-electron chi connectivity index (χ4n) is 0.610. The lowest BCUT2D eigenvalue weighted by Gasteiger charge is -2.02. The summed E-state index contributed by atoms with van der Waals surface area (Å²) in [5, 5.41) is 10.8. The minimum absolute atomic E-state index is 0.258. The standard InChI is InChI=1S/C6H9N3O6/c7-5(11)14-3(9-13)1-2-4(10)15-6(8)12/h13H,1-2H2,(H2,7,11)(H2,8,12)/b9-3-. The van der Waals surface area contributed by atoms with Crippen molar-refractivity contribution in [3.05, 3.63) is 0 Å². The predicted molar refractivity (Wildman–Crippen MR) is 44.8 cm³/mol. The molecule has 0 aliphatic heterocycles. The average Bonchev–Trinajstić information content (AvgIpc) is 2.10. The Hall–Kier alpha value is -2.32. The second-order valence-electron chi connectivity index (χ2n) is 2.21. The molecule has 2 amide bonds. The van der Waals surface area contributed by atoms with Crippen molar-refractivity contribution in [3.8, 4) is 0 Å². The number of nitrogens with two attached hydrogens (primary N) is 2. The molecule has 15 heavy (non-hydrogen) atoms. The van der Waals surface area contributed by atoms with E-state index in [1.165, 1.54) is 0 Å². The minimum Gasteiger partial charge on any atom is -0.408 e. The molecule has 5 N–H and O–H groups in total. The van der Waals surface area contributed by atoms with Crippen LogP contribution in [0.4, 0.5) is 9.59 Å². The van der Waals surface area contributed by atoms with Crippen LogP contribution in [0.25, 0.3) is 0 Å². The van der Waals surface area contributed by atoms with Crippen molar-refractivity contribution in [1.29, 1.82) is 0 Å². The zero-order valence-corrected chi connectivity index (χ0v) is 7.50. The van der Waals surface area contributed by atoms with Crippen molar-refractivity contribution in [2.75, 3.05) is 0 Å². The molecular weight excluding hydrogens is 210 g/mol. The van der Waals surface area contributed by atoms with Gasteiger partial charge < -0.3 is 26.1 Å². The SMILES string of the molecule is NC(=O)OC(=O)CC/C(=N/O)OC(N)=O. The second kappa shape index (κ2) is 6.18. The molecule has 0 aliphatic carbocycles. The topological polar surface area (TPSA) is 154 Å². The Bertz CT molecular complexity index is 299. The Morgan fingerprint density at radius 1 is 1.07 bits per heavy atom. The Labute approximate surface area is 83.6 Å². The Balaban J connectivity index is 3.97. The molecule has 0 fully saturated rings. The largest absolute Gasteiger partial charge is 0.412 e. The molecule has 0 saturated carbocycles. The summed E-state index contributed by atoms with van der Waals surface area (Å²) in [5.74, 6) is -1.42. The number of esters is 1. The molecule has 84 valence electrons. The van der Waals surface area contributed by atoms with Crippen LogP contribution in [-0.2, 0) is 14.3 Å². The molecule has 9 heteroatoms. The fourth-order valence-corrected chi connectivity index (χ4v) is 0.610. The van der Waals surface area contributed by atoms with E-state index < -0.39 is 24.1 Å². The van der Waals surface area contributed by atoms with Crippen LogP contribution < -0.4 is 11.5 Å². The highest BCUT2D eigenvalue weighted by atomic mass is 16.6. The van der Waals surface area contributed by atoms with Gasteiger partial charge in [-0.15, -0.1) is 0 Å². The van der Waals surface area contributed by atoms with Gasteiger partial charge in [0.25, 0.3) is 0 Å². The van der Waals surface area contributed by atoms with Gasteiger partial charge in [0.05, 0.1) is 6.42 Å². The van der Waals surface area contributed by atoms with Gasteiger partial charge in [-0.2, -0.15) is 0 Å². The molecule has 0 spiro atoms. The molecule has 0 unspecified atom stereocenters. The first-order valence-corrected chi connectivity index (χ1v) is 3.64. The summed E-state index contributed by atoms with van der Waals surface area (Å²) in [6.45, 7) is 0. The number of nitrogens with zero attached hydrogens (tertiary/aromatic N) is 1. The van der Waals surface area contributed by atoms with Crippen molar-refractivity contribution >= 4 is 24.1 Å². The molecule has 0 saturated heterocycles. The van der Waals surface area contributed by atoms with Gasteiger partial charge in [0, 0.05) is 6.42 Å². The third-order valence-corrected chi connectivity index (χ3v) is 1.09. The number of amides is 2. The average molecular weight is 219 g/mol. The molecule has 0 aliphatic rings. The highest BCUT2D eigenvalue weighted by Crippen LogP contribution is 1.97. The van der Waals surface area contributed by atoms with E-state index >= 15 is 0 Å². The molecule has 0 atom stereocenters. The van der Waals surface area contributed by atoms with Crippen LogP contribution >= 0.6 is 0 Å². The highest BCUT2D eigenvalue weighted by molar-refractivity contribution is 5.90. The first kappa shape index (κ1) is 12.7. The van der Waals surface area contributed by atoms with Crippen molar-refractivity contribution < 1.29 is 29.1 Å². The molecule has 0 aromatic heterocycles. The molecule has 0 aromatic rings. The first-order chi connectivity index (χ1) is 6.95. The predicted octanol–water partition coefficient (Wildman–Crippen LogP) is -0.729. The van der Waals surface area contributed by atoms with Gasteiger partial charge in [-0.05, 0) is 0 Å². The lowest BCUT2D eigenvalue weighted by atomic mass is 10.3. The van der Waals surface area contributed by atoms with E-state index in [0.717, 1.165) is 0 Å². The van der Waals surface area contributed by atoms with Crippen molar-refractivity contribution in [2.45, 2.75) is 12.8 Å². The van der Waals surface area contributed by atoms with Crippen LogP contribution in [0.3, 0.4) is 0 Å². The molecule has 0 rings (SSSR count). The first-order valence-electron chi connectivity index (χ1n) is 3.64. The van der Waals surface area contributed by atoms with Crippen molar-refractivity contribution in [2.24, 2.45) is 16.6 Å². The maximum Gasteiger partial charge on any atom is 0.412 e. The number of oxime groups is 1. The quantitative estimate of drug-likeness (QED) is 0.142. The van der Waals surface area contributed by atoms with Crippen molar-refractivity contribution in [3.63, 3.8) is 0 Å². The highest BCUT2D eigenvalue weighted by Gasteiger charge is 2.12. The maximum absolute atomic E-state index is 10.7. The van der Waals surface area contributed by atoms with Gasteiger partial charge in [-0.25, -0.2) is 9.59 Å². The van der Waals surface area contributed by atoms with E-state index in [9.17, 15) is 14.4 Å². The number of hydrogen-bond donors (Lipinski definition) is 3. The smallest absolute Gasteiger partial charge is 0.408 e. The summed E-state index contributed by atoms with van der Waals surface area (Å²) in [7, 11) is 0. The Kier molecular flexibility index (Phi) is 5.23. The molecule has 0 bridgehead atoms. The number of carbonyl (C=O) groups excluding carboxylic acids is 3. The van der Waals surface area contributed by atoms with E-state index in [1.54, 1.807) is 0 Å². The normalized spacial score (nSPS) is 10.5. The molecule has 0 heterocycles. The summed E-state index contributed by atoms with van der Waals surface area (Å²) in [4.78, 5) is 31.0. The van der Waals surface area contributed by atoms with Crippen LogP contribution in [0, 0.1) is 0 Å². The zero-order valence-electron chi connectivity index (χ0n) is 7.50. The van der Waals surface area contributed by atoms with Crippen LogP contribution in [0.1, 0.15) is 12.8 Å². The lowest BCUT2D eigenvalue weighted by molar-refractivity contribution is -0.136. The van der Waals surface area contributed by atoms with Gasteiger partial charge in [-0.3, -0.25) is 4.79 Å². The van der Waals surface area contributed by atoms with E-state index in [-0.39, 0.29) is 12.8 Å². The number of primary amides is 2. The molecular formula is C6H9N3O6. The molecule has 9 nitrogen and oxygen atoms in total. The lowest BCUT2D eigenvalue weighted by Crippen LogP contribution is -2.21. The van der Waals surface area contributed by atoms with Crippen LogP contribution in [0.2, 0.25) is 0 Å². The minimum atomic E-state index is -1.25.